The first-order chi connectivity index (χ1) is 22.9. The minimum atomic E-state index is -4.18. The molecule has 0 aliphatic carbocycles. The van der Waals surface area contributed by atoms with Crippen LogP contribution in [-0.4, -0.2) is 85.8 Å². The molecule has 3 amide bonds. The number of esters is 1. The van der Waals surface area contributed by atoms with Crippen molar-refractivity contribution in [2.45, 2.75) is 35.9 Å². The van der Waals surface area contributed by atoms with Gasteiger partial charge in [0, 0.05) is 22.1 Å². The highest BCUT2D eigenvalue weighted by Gasteiger charge is 2.56. The largest absolute Gasteiger partial charge is 0.497 e. The van der Waals surface area contributed by atoms with Gasteiger partial charge < -0.3 is 29.8 Å². The van der Waals surface area contributed by atoms with Crippen molar-refractivity contribution in [3.05, 3.63) is 82.9 Å². The predicted molar refractivity (Wildman–Crippen MR) is 180 cm³/mol. The highest BCUT2D eigenvalue weighted by Crippen LogP contribution is 2.40. The first kappa shape index (κ1) is 36.4. The number of ether oxygens (including phenoxy) is 2. The number of methoxy groups -OCH3 is 1. The Morgan fingerprint density at radius 3 is 2.54 bits per heavy atom. The molecule has 3 aromatic rings. The molecule has 1 fully saturated rings. The number of benzene rings is 2. The Balaban J connectivity index is 1.66. The van der Waals surface area contributed by atoms with E-state index < -0.39 is 44.1 Å². The lowest BCUT2D eigenvalue weighted by Crippen LogP contribution is -2.73. The van der Waals surface area contributed by atoms with Gasteiger partial charge >= 0.3 is 5.97 Å². The summed E-state index contributed by atoms with van der Waals surface area (Å²) in [6.07, 6.45) is 0.404. The number of carbonyl (C=O) groups is 4. The van der Waals surface area contributed by atoms with Gasteiger partial charge in [0.2, 0.25) is 21.2 Å². The number of aryl methyl sites for hydroxylation is 1. The second-order valence-corrected chi connectivity index (χ2v) is 15.0. The summed E-state index contributed by atoms with van der Waals surface area (Å²) in [6.45, 7) is 5.28. The number of β-lactam (4-membered cyclic amide) rings is 1. The van der Waals surface area contributed by atoms with Crippen LogP contribution in [0, 0.1) is 6.92 Å². The number of thiazole rings is 1. The number of carbonyl (C=O) groups excluding carboxylic acids is 4. The number of anilines is 1. The highest BCUT2D eigenvalue weighted by molar-refractivity contribution is 8.72. The molecule has 0 saturated carbocycles. The monoisotopic (exact) mass is 735 g/mol. The summed E-state index contributed by atoms with van der Waals surface area (Å²) in [5, 5.41) is 8.81. The molecule has 0 spiro atoms. The van der Waals surface area contributed by atoms with E-state index in [1.54, 1.807) is 49.4 Å². The zero-order chi connectivity index (χ0) is 35.0. The van der Waals surface area contributed by atoms with Crippen molar-refractivity contribution in [2.24, 2.45) is 5.16 Å². The lowest BCUT2D eigenvalue weighted by molar-refractivity contribution is -0.163. The van der Waals surface area contributed by atoms with Gasteiger partial charge in [-0.2, -0.15) is 0 Å². The summed E-state index contributed by atoms with van der Waals surface area (Å²) in [4.78, 5) is 61.5. The van der Waals surface area contributed by atoms with E-state index in [1.807, 2.05) is 0 Å². The second kappa shape index (κ2) is 16.1. The predicted octanol–water partition coefficient (Wildman–Crippen LogP) is 3.06. The summed E-state index contributed by atoms with van der Waals surface area (Å²) < 4.78 is 38.1. The molecule has 1 saturated heterocycles. The molecule has 14 nitrogen and oxygen atoms in total. The lowest BCUT2D eigenvalue weighted by atomic mass is 9.99. The Morgan fingerprint density at radius 1 is 1.21 bits per heavy atom. The average molecular weight is 736 g/mol. The third kappa shape index (κ3) is 8.15. The Morgan fingerprint density at radius 2 is 1.92 bits per heavy atom. The SMILES string of the molecule is C=C(CCl)C(C(=O)OCc1ccc(OC)cc1)N1C(=O)C(NC(=O)C(=NOC)c2csc(NC=O)n2)C1SS(=O)(=O)c1ccccc1C. The van der Waals surface area contributed by atoms with Crippen molar-refractivity contribution in [3.8, 4) is 5.75 Å². The minimum Gasteiger partial charge on any atom is -0.497 e. The molecule has 3 unspecified atom stereocenters. The number of aromatic nitrogens is 1. The van der Waals surface area contributed by atoms with E-state index in [4.69, 9.17) is 25.9 Å². The van der Waals surface area contributed by atoms with Crippen LogP contribution in [0.25, 0.3) is 0 Å². The summed E-state index contributed by atoms with van der Waals surface area (Å²) in [7, 11) is -1.11. The number of oxime groups is 1. The molecule has 2 N–H and O–H groups in total. The molecular formula is C30H30ClN5O9S3. The molecule has 4 rings (SSSR count). The van der Waals surface area contributed by atoms with Gasteiger partial charge in [-0.05, 0) is 41.8 Å². The molecular weight excluding hydrogens is 706 g/mol. The van der Waals surface area contributed by atoms with Gasteiger partial charge in [0.15, 0.2) is 16.9 Å². The molecule has 1 aliphatic rings. The molecule has 48 heavy (non-hydrogen) atoms. The number of halogens is 1. The average Bonchev–Trinajstić information content (AvgIpc) is 3.54. The maximum Gasteiger partial charge on any atom is 0.333 e. The second-order valence-electron chi connectivity index (χ2n) is 9.98. The third-order valence-corrected chi connectivity index (χ3v) is 11.8. The first-order valence-electron chi connectivity index (χ1n) is 13.9. The number of alkyl halides is 1. The van der Waals surface area contributed by atoms with E-state index in [1.165, 1.54) is 25.7 Å². The van der Waals surface area contributed by atoms with Crippen LogP contribution in [0.3, 0.4) is 0 Å². The van der Waals surface area contributed by atoms with Crippen LogP contribution in [-0.2, 0) is 44.2 Å². The number of likely N-dealkylation sites (tertiary alicyclic amines) is 1. The van der Waals surface area contributed by atoms with Crippen LogP contribution in [0.2, 0.25) is 0 Å². The van der Waals surface area contributed by atoms with Crippen molar-refractivity contribution >= 4 is 77.6 Å². The van der Waals surface area contributed by atoms with Gasteiger partial charge in [-0.15, -0.1) is 22.9 Å². The van der Waals surface area contributed by atoms with E-state index in [0.717, 1.165) is 16.2 Å². The summed E-state index contributed by atoms with van der Waals surface area (Å²) in [6, 6.07) is 10.0. The third-order valence-electron chi connectivity index (χ3n) is 6.88. The topological polar surface area (TPSA) is 183 Å². The van der Waals surface area contributed by atoms with Gasteiger partial charge in [0.1, 0.15) is 36.6 Å². The fourth-order valence-electron chi connectivity index (χ4n) is 4.52. The number of nitrogens with one attached hydrogen (secondary N) is 2. The summed E-state index contributed by atoms with van der Waals surface area (Å²) in [5.41, 5.74) is 0.782. The number of hydrogen-bond acceptors (Lipinski definition) is 13. The number of amides is 3. The fraction of sp³-hybridized carbons (Fsp3) is 0.267. The Hall–Kier alpha value is -4.45. The van der Waals surface area contributed by atoms with Gasteiger partial charge in [0.05, 0.1) is 12.0 Å². The van der Waals surface area contributed by atoms with Crippen molar-refractivity contribution in [1.29, 1.82) is 0 Å². The quantitative estimate of drug-likeness (QED) is 0.0322. The normalized spacial score (nSPS) is 16.7. The van der Waals surface area contributed by atoms with Crippen LogP contribution in [0.1, 0.15) is 16.8 Å². The van der Waals surface area contributed by atoms with Crippen LogP contribution in [0.15, 0.2) is 76.1 Å². The fourth-order valence-corrected chi connectivity index (χ4v) is 9.27. The summed E-state index contributed by atoms with van der Waals surface area (Å²) in [5.74, 6) is -2.33. The van der Waals surface area contributed by atoms with Gasteiger partial charge in [-0.25, -0.2) is 18.2 Å². The van der Waals surface area contributed by atoms with Crippen molar-refractivity contribution < 1.29 is 41.9 Å². The molecule has 1 aliphatic heterocycles. The molecule has 254 valence electrons. The Bertz CT molecular complexity index is 1830. The van der Waals surface area contributed by atoms with Crippen molar-refractivity contribution in [2.75, 3.05) is 25.4 Å². The maximum atomic E-state index is 13.8. The van der Waals surface area contributed by atoms with Gasteiger partial charge in [-0.1, -0.05) is 42.1 Å². The summed E-state index contributed by atoms with van der Waals surface area (Å²) >= 11 is 7.09. The molecule has 2 heterocycles. The van der Waals surface area contributed by atoms with E-state index in [-0.39, 0.29) is 39.5 Å². The van der Waals surface area contributed by atoms with E-state index in [0.29, 0.717) is 34.1 Å². The van der Waals surface area contributed by atoms with E-state index >= 15 is 0 Å². The standard InChI is InChI=1S/C30H30ClN5O9S3/c1-17-7-5-6-8-22(17)48(41,42)47-28-24(34-26(38)23(35-44-4)21-15-46-30(33-21)32-16-37)27(39)36(28)25(18(2)13-31)29(40)45-14-19-9-11-20(43-3)12-10-19/h5-12,15-16,24-25,28H,2,13-14H2,1,3-4H3,(H,34,38)(H,32,33,37). The van der Waals surface area contributed by atoms with Gasteiger partial charge in [-0.3, -0.25) is 14.4 Å². The molecule has 0 radical (unpaired) electrons. The van der Waals surface area contributed by atoms with Crippen molar-refractivity contribution in [1.82, 2.24) is 15.2 Å². The Labute approximate surface area is 288 Å². The zero-order valence-electron chi connectivity index (χ0n) is 25.7. The van der Waals surface area contributed by atoms with E-state index in [9.17, 15) is 27.6 Å². The zero-order valence-corrected chi connectivity index (χ0v) is 29.0. The molecule has 0 bridgehead atoms. The van der Waals surface area contributed by atoms with E-state index in [2.05, 4.69) is 27.4 Å². The van der Waals surface area contributed by atoms with Crippen LogP contribution >= 0.6 is 33.7 Å². The molecule has 2 aromatic carbocycles. The van der Waals surface area contributed by atoms with Gasteiger partial charge in [0.25, 0.3) is 5.91 Å². The number of hydrogen-bond donors (Lipinski definition) is 2. The van der Waals surface area contributed by atoms with Crippen molar-refractivity contribution in [3.63, 3.8) is 0 Å². The maximum absolute atomic E-state index is 13.8. The molecule has 18 heteroatoms. The van der Waals surface area contributed by atoms with Crippen LogP contribution < -0.4 is 15.4 Å². The lowest BCUT2D eigenvalue weighted by Gasteiger charge is -2.49. The molecule has 1 aromatic heterocycles. The van der Waals surface area contributed by atoms with Crippen LogP contribution in [0.4, 0.5) is 5.13 Å². The highest BCUT2D eigenvalue weighted by atomic mass is 35.5. The molecule has 3 atom stereocenters. The van der Waals surface area contributed by atoms with Crippen LogP contribution in [0.5, 0.6) is 5.75 Å². The first-order valence-corrected chi connectivity index (χ1v) is 18.2. The Kier molecular flexibility index (Phi) is 12.2. The smallest absolute Gasteiger partial charge is 0.333 e. The number of rotatable bonds is 16. The minimum absolute atomic E-state index is 0.0135. The number of nitrogens with zero attached hydrogens (tertiary/aromatic N) is 3.